The van der Waals surface area contributed by atoms with Crippen LogP contribution in [0.2, 0.25) is 0 Å². The van der Waals surface area contributed by atoms with E-state index >= 15 is 0 Å². The standard InChI is InChI=1S/C58H38N2O/c1-2-12-39(13-3-1)40-24-31-45(32-25-40)59(47-35-28-43(29-36-47)49-19-11-20-52-51-18-7-9-23-57(51)61-58(49)52)46-33-26-41(27-34-46)44-30-37-56-53(38-44)50-17-6-8-21-55(50)60(56)54-22-10-15-42-14-4-5-16-48(42)54/h1-38H. The third-order valence-corrected chi connectivity index (χ3v) is 12.2. The molecule has 2 heterocycles. The molecule has 0 saturated heterocycles. The van der Waals surface area contributed by atoms with Crippen molar-refractivity contribution in [2.75, 3.05) is 4.90 Å². The van der Waals surface area contributed by atoms with E-state index in [1.165, 1.54) is 60.5 Å². The molecular weight excluding hydrogens is 741 g/mol. The van der Waals surface area contributed by atoms with Crippen molar-refractivity contribution in [2.24, 2.45) is 0 Å². The summed E-state index contributed by atoms with van der Waals surface area (Å²) in [6.45, 7) is 0. The van der Waals surface area contributed by atoms with E-state index in [1.807, 2.05) is 12.1 Å². The van der Waals surface area contributed by atoms with Crippen LogP contribution in [0.3, 0.4) is 0 Å². The van der Waals surface area contributed by atoms with E-state index in [9.17, 15) is 0 Å². The summed E-state index contributed by atoms with van der Waals surface area (Å²) in [4.78, 5) is 2.34. The number of hydrogen-bond donors (Lipinski definition) is 0. The van der Waals surface area contributed by atoms with Gasteiger partial charge in [0.15, 0.2) is 0 Å². The van der Waals surface area contributed by atoms with Crippen LogP contribution in [0.25, 0.3) is 93.6 Å². The fourth-order valence-corrected chi connectivity index (χ4v) is 9.26. The minimum atomic E-state index is 0.905. The van der Waals surface area contributed by atoms with Gasteiger partial charge in [-0.05, 0) is 99.9 Å². The Morgan fingerprint density at radius 1 is 0.328 bits per heavy atom. The first-order valence-electron chi connectivity index (χ1n) is 20.8. The first kappa shape index (κ1) is 34.9. The molecule has 0 N–H and O–H groups in total. The predicted octanol–water partition coefficient (Wildman–Crippen LogP) is 16.3. The summed E-state index contributed by atoms with van der Waals surface area (Å²) < 4.78 is 8.84. The summed E-state index contributed by atoms with van der Waals surface area (Å²) in [6.07, 6.45) is 0. The lowest BCUT2D eigenvalue weighted by Gasteiger charge is -2.26. The average molecular weight is 779 g/mol. The summed E-state index contributed by atoms with van der Waals surface area (Å²) >= 11 is 0. The van der Waals surface area contributed by atoms with Crippen molar-refractivity contribution in [3.63, 3.8) is 0 Å². The second-order valence-corrected chi connectivity index (χ2v) is 15.7. The van der Waals surface area contributed by atoms with E-state index in [1.54, 1.807) is 0 Å². The van der Waals surface area contributed by atoms with Gasteiger partial charge in [-0.25, -0.2) is 0 Å². The minimum Gasteiger partial charge on any atom is -0.455 e. The van der Waals surface area contributed by atoms with Crippen LogP contribution >= 0.6 is 0 Å². The van der Waals surface area contributed by atoms with Crippen molar-refractivity contribution in [1.82, 2.24) is 4.57 Å². The zero-order valence-electron chi connectivity index (χ0n) is 33.2. The quantitative estimate of drug-likeness (QED) is 0.161. The molecule has 0 fully saturated rings. The molecule has 0 aliphatic rings. The Hall–Kier alpha value is -8.14. The molecule has 0 aliphatic heterocycles. The number of rotatable bonds is 7. The van der Waals surface area contributed by atoms with Gasteiger partial charge in [0.1, 0.15) is 11.2 Å². The van der Waals surface area contributed by atoms with Crippen LogP contribution in [0.15, 0.2) is 235 Å². The number of anilines is 3. The largest absolute Gasteiger partial charge is 0.455 e. The molecule has 12 aromatic rings. The highest BCUT2D eigenvalue weighted by atomic mass is 16.3. The fourth-order valence-electron chi connectivity index (χ4n) is 9.26. The van der Waals surface area contributed by atoms with E-state index in [0.29, 0.717) is 0 Å². The molecule has 2 aromatic heterocycles. The second kappa shape index (κ2) is 14.3. The lowest BCUT2D eigenvalue weighted by atomic mass is 10.0. The Labute approximate surface area is 353 Å². The van der Waals surface area contributed by atoms with Gasteiger partial charge in [0, 0.05) is 49.6 Å². The van der Waals surface area contributed by atoms with Gasteiger partial charge < -0.3 is 13.9 Å². The van der Waals surface area contributed by atoms with Crippen LogP contribution in [0, 0.1) is 0 Å². The smallest absolute Gasteiger partial charge is 0.143 e. The molecule has 0 atom stereocenters. The zero-order chi connectivity index (χ0) is 40.3. The summed E-state index contributed by atoms with van der Waals surface area (Å²) in [5, 5.41) is 7.23. The molecule has 10 aromatic carbocycles. The highest BCUT2D eigenvalue weighted by Crippen LogP contribution is 2.41. The van der Waals surface area contributed by atoms with E-state index in [0.717, 1.165) is 50.1 Å². The van der Waals surface area contributed by atoms with Gasteiger partial charge >= 0.3 is 0 Å². The highest BCUT2D eigenvalue weighted by Gasteiger charge is 2.18. The molecule has 0 amide bonds. The zero-order valence-corrected chi connectivity index (χ0v) is 33.2. The normalized spacial score (nSPS) is 11.6. The fraction of sp³-hybridized carbons (Fsp3) is 0. The Kier molecular flexibility index (Phi) is 8.17. The first-order chi connectivity index (χ1) is 30.2. The maximum absolute atomic E-state index is 6.42. The van der Waals surface area contributed by atoms with E-state index in [-0.39, 0.29) is 0 Å². The number of para-hydroxylation sites is 3. The lowest BCUT2D eigenvalue weighted by molar-refractivity contribution is 0.670. The summed E-state index contributed by atoms with van der Waals surface area (Å²) in [5.74, 6) is 0. The van der Waals surface area contributed by atoms with Gasteiger partial charge in [0.25, 0.3) is 0 Å². The molecule has 0 saturated carbocycles. The minimum absolute atomic E-state index is 0.905. The first-order valence-corrected chi connectivity index (χ1v) is 20.8. The Balaban J connectivity index is 0.935. The molecular formula is C58H38N2O. The Morgan fingerprint density at radius 2 is 0.852 bits per heavy atom. The van der Waals surface area contributed by atoms with E-state index in [2.05, 4.69) is 228 Å². The van der Waals surface area contributed by atoms with Crippen molar-refractivity contribution in [1.29, 1.82) is 0 Å². The summed E-state index contributed by atoms with van der Waals surface area (Å²) in [5.41, 5.74) is 15.6. The van der Waals surface area contributed by atoms with Crippen LogP contribution in [0.1, 0.15) is 0 Å². The average Bonchev–Trinajstić information content (AvgIpc) is 3.88. The van der Waals surface area contributed by atoms with Gasteiger partial charge in [0.2, 0.25) is 0 Å². The van der Waals surface area contributed by atoms with Gasteiger partial charge in [0.05, 0.1) is 16.7 Å². The topological polar surface area (TPSA) is 21.3 Å². The predicted molar refractivity (Wildman–Crippen MR) is 257 cm³/mol. The van der Waals surface area contributed by atoms with Gasteiger partial charge in [-0.2, -0.15) is 0 Å². The highest BCUT2D eigenvalue weighted by molar-refractivity contribution is 6.12. The number of hydrogen-bond acceptors (Lipinski definition) is 2. The molecule has 0 radical (unpaired) electrons. The third kappa shape index (κ3) is 5.90. The second-order valence-electron chi connectivity index (χ2n) is 15.7. The molecule has 0 spiro atoms. The van der Waals surface area contributed by atoms with Gasteiger partial charge in [-0.15, -0.1) is 0 Å². The molecule has 0 bridgehead atoms. The van der Waals surface area contributed by atoms with Crippen molar-refractivity contribution >= 4 is 71.6 Å². The molecule has 12 rings (SSSR count). The number of aromatic nitrogens is 1. The molecule has 0 unspecified atom stereocenters. The maximum atomic E-state index is 6.42. The van der Waals surface area contributed by atoms with E-state index < -0.39 is 0 Å². The van der Waals surface area contributed by atoms with Crippen molar-refractivity contribution in [3.8, 4) is 39.1 Å². The SMILES string of the molecule is c1ccc(-c2ccc(N(c3ccc(-c4ccc5c(c4)c4ccccc4n5-c4cccc5ccccc45)cc3)c3ccc(-c4cccc5c4oc4ccccc45)cc3)cc2)cc1. The van der Waals surface area contributed by atoms with Crippen LogP contribution in [-0.2, 0) is 0 Å². The maximum Gasteiger partial charge on any atom is 0.143 e. The van der Waals surface area contributed by atoms with E-state index in [4.69, 9.17) is 4.42 Å². The molecule has 0 aliphatic carbocycles. The van der Waals surface area contributed by atoms with Gasteiger partial charge in [-0.3, -0.25) is 0 Å². The third-order valence-electron chi connectivity index (χ3n) is 12.2. The summed E-state index contributed by atoms with van der Waals surface area (Å²) in [6, 6.07) is 82.8. The van der Waals surface area contributed by atoms with Crippen LogP contribution in [0.5, 0.6) is 0 Å². The Morgan fingerprint density at radius 3 is 1.61 bits per heavy atom. The number of fused-ring (bicyclic) bond motifs is 7. The number of benzene rings is 10. The lowest BCUT2D eigenvalue weighted by Crippen LogP contribution is -2.09. The van der Waals surface area contributed by atoms with Crippen LogP contribution in [0.4, 0.5) is 17.1 Å². The Bertz CT molecular complexity index is 3560. The molecule has 61 heavy (non-hydrogen) atoms. The van der Waals surface area contributed by atoms with Gasteiger partial charge in [-0.1, -0.05) is 164 Å². The number of nitrogens with zero attached hydrogens (tertiary/aromatic N) is 2. The molecule has 286 valence electrons. The summed E-state index contributed by atoms with van der Waals surface area (Å²) in [7, 11) is 0. The molecule has 3 nitrogen and oxygen atoms in total. The van der Waals surface area contributed by atoms with Crippen molar-refractivity contribution in [3.05, 3.63) is 231 Å². The monoisotopic (exact) mass is 778 g/mol. The van der Waals surface area contributed by atoms with Crippen molar-refractivity contribution < 1.29 is 4.42 Å². The molecule has 3 heteroatoms. The van der Waals surface area contributed by atoms with Crippen molar-refractivity contribution in [2.45, 2.75) is 0 Å². The van der Waals surface area contributed by atoms with Crippen LogP contribution < -0.4 is 4.90 Å². The van der Waals surface area contributed by atoms with Crippen LogP contribution in [-0.4, -0.2) is 4.57 Å². The number of furan rings is 1.